The molecule has 0 radical (unpaired) electrons. The van der Waals surface area contributed by atoms with E-state index in [1.54, 1.807) is 0 Å². The minimum Gasteiger partial charge on any atom is -0.480 e. The van der Waals surface area contributed by atoms with E-state index in [4.69, 9.17) is 5.11 Å². The number of aliphatic hydroxyl groups is 1. The molecule has 1 aromatic carbocycles. The fourth-order valence-electron chi connectivity index (χ4n) is 2.09. The largest absolute Gasteiger partial charge is 0.480 e. The quantitative estimate of drug-likeness (QED) is 0.854. The molecule has 2 atom stereocenters. The second-order valence-electron chi connectivity index (χ2n) is 4.33. The number of carboxylic acids is 1. The Kier molecular flexibility index (Phi) is 3.86. The third kappa shape index (κ3) is 2.76. The monoisotopic (exact) mass is 331 g/mol. The van der Waals surface area contributed by atoms with Crippen LogP contribution >= 0.6 is 15.9 Å². The van der Waals surface area contributed by atoms with Crippen molar-refractivity contribution in [1.29, 1.82) is 0 Å². The first-order valence-corrected chi connectivity index (χ1v) is 6.36. The maximum absolute atomic E-state index is 13.2. The molecule has 0 bridgehead atoms. The van der Waals surface area contributed by atoms with Gasteiger partial charge in [0.25, 0.3) is 5.91 Å². The van der Waals surface area contributed by atoms with Gasteiger partial charge in [-0.05, 0) is 34.1 Å². The topological polar surface area (TPSA) is 77.8 Å². The predicted octanol–water partition coefficient (Wildman–Crippen LogP) is 1.25. The van der Waals surface area contributed by atoms with Crippen molar-refractivity contribution >= 4 is 27.8 Å². The van der Waals surface area contributed by atoms with Gasteiger partial charge in [0.15, 0.2) is 0 Å². The van der Waals surface area contributed by atoms with Crippen molar-refractivity contribution < 1.29 is 24.2 Å². The molecule has 1 heterocycles. The van der Waals surface area contributed by atoms with Crippen LogP contribution in [0.1, 0.15) is 16.8 Å². The summed E-state index contributed by atoms with van der Waals surface area (Å²) in [5.41, 5.74) is 0.0420. The molecule has 0 aromatic heterocycles. The van der Waals surface area contributed by atoms with E-state index in [9.17, 15) is 19.1 Å². The molecule has 1 fully saturated rings. The Morgan fingerprint density at radius 1 is 1.42 bits per heavy atom. The summed E-state index contributed by atoms with van der Waals surface area (Å²) >= 11 is 3.13. The molecule has 5 nitrogen and oxygen atoms in total. The van der Waals surface area contributed by atoms with Gasteiger partial charge in [0, 0.05) is 17.4 Å². The van der Waals surface area contributed by atoms with Crippen LogP contribution in [0, 0.1) is 5.82 Å². The molecule has 7 heteroatoms. The van der Waals surface area contributed by atoms with Gasteiger partial charge >= 0.3 is 5.97 Å². The normalized spacial score (nSPS) is 22.6. The van der Waals surface area contributed by atoms with Crippen LogP contribution < -0.4 is 0 Å². The Morgan fingerprint density at radius 2 is 2.11 bits per heavy atom. The molecule has 0 saturated carbocycles. The lowest BCUT2D eigenvalue weighted by Crippen LogP contribution is -2.40. The van der Waals surface area contributed by atoms with Gasteiger partial charge in [0.2, 0.25) is 0 Å². The van der Waals surface area contributed by atoms with E-state index in [1.165, 1.54) is 12.1 Å². The fraction of sp³-hybridized carbons (Fsp3) is 0.333. The molecule has 0 aliphatic carbocycles. The van der Waals surface area contributed by atoms with E-state index >= 15 is 0 Å². The molecule has 1 aliphatic heterocycles. The first kappa shape index (κ1) is 14.0. The summed E-state index contributed by atoms with van der Waals surface area (Å²) in [5, 5.41) is 18.5. The van der Waals surface area contributed by atoms with Crippen molar-refractivity contribution in [2.75, 3.05) is 6.54 Å². The first-order chi connectivity index (χ1) is 8.90. The molecular formula is C12H11BrFNO4. The van der Waals surface area contributed by atoms with Gasteiger partial charge in [0.05, 0.1) is 11.7 Å². The number of carbonyl (C=O) groups excluding carboxylic acids is 1. The average molecular weight is 332 g/mol. The molecule has 2 unspecified atom stereocenters. The summed E-state index contributed by atoms with van der Waals surface area (Å²) in [5.74, 6) is -2.38. The number of amides is 1. The SMILES string of the molecule is O=C(O)C1CC(O)CN1C(=O)c1cc(F)ccc1Br. The zero-order valence-electron chi connectivity index (χ0n) is 9.72. The minimum absolute atomic E-state index is 0.0198. The maximum atomic E-state index is 13.2. The smallest absolute Gasteiger partial charge is 0.326 e. The van der Waals surface area contributed by atoms with Crippen molar-refractivity contribution in [3.05, 3.63) is 34.1 Å². The molecular weight excluding hydrogens is 321 g/mol. The third-order valence-corrected chi connectivity index (χ3v) is 3.68. The van der Waals surface area contributed by atoms with Crippen LogP contribution in [-0.2, 0) is 4.79 Å². The zero-order chi connectivity index (χ0) is 14.2. The molecule has 1 aliphatic rings. The van der Waals surface area contributed by atoms with Crippen LogP contribution in [0.4, 0.5) is 4.39 Å². The van der Waals surface area contributed by atoms with Crippen molar-refractivity contribution in [1.82, 2.24) is 4.90 Å². The lowest BCUT2D eigenvalue weighted by Gasteiger charge is -2.21. The second-order valence-corrected chi connectivity index (χ2v) is 5.18. The van der Waals surface area contributed by atoms with Crippen LogP contribution in [0.2, 0.25) is 0 Å². The summed E-state index contributed by atoms with van der Waals surface area (Å²) in [6, 6.07) is 2.52. The van der Waals surface area contributed by atoms with Crippen molar-refractivity contribution in [3.63, 3.8) is 0 Å². The van der Waals surface area contributed by atoms with Crippen molar-refractivity contribution in [3.8, 4) is 0 Å². The van der Waals surface area contributed by atoms with E-state index in [1.807, 2.05) is 0 Å². The van der Waals surface area contributed by atoms with Crippen molar-refractivity contribution in [2.45, 2.75) is 18.6 Å². The van der Waals surface area contributed by atoms with E-state index in [2.05, 4.69) is 15.9 Å². The molecule has 1 saturated heterocycles. The third-order valence-electron chi connectivity index (χ3n) is 2.98. The van der Waals surface area contributed by atoms with Gasteiger partial charge in [0.1, 0.15) is 11.9 Å². The van der Waals surface area contributed by atoms with Gasteiger partial charge in [-0.25, -0.2) is 9.18 Å². The number of aliphatic carboxylic acids is 1. The number of carbonyl (C=O) groups is 2. The Balaban J connectivity index is 2.33. The van der Waals surface area contributed by atoms with E-state index in [0.29, 0.717) is 4.47 Å². The lowest BCUT2D eigenvalue weighted by molar-refractivity contribution is -0.141. The highest BCUT2D eigenvalue weighted by atomic mass is 79.9. The number of likely N-dealkylation sites (tertiary alicyclic amines) is 1. The Labute approximate surface area is 116 Å². The van der Waals surface area contributed by atoms with Gasteiger partial charge in [-0.2, -0.15) is 0 Å². The van der Waals surface area contributed by atoms with E-state index in [0.717, 1.165) is 11.0 Å². The highest BCUT2D eigenvalue weighted by Crippen LogP contribution is 2.25. The maximum Gasteiger partial charge on any atom is 0.326 e. The van der Waals surface area contributed by atoms with E-state index < -0.39 is 29.8 Å². The lowest BCUT2D eigenvalue weighted by atomic mass is 10.1. The number of aliphatic hydroxyl groups excluding tert-OH is 1. The number of benzene rings is 1. The standard InChI is InChI=1S/C12H11BrFNO4/c13-9-2-1-6(14)3-8(9)11(17)15-5-7(16)4-10(15)12(18)19/h1-3,7,10,16H,4-5H2,(H,18,19). The van der Waals surface area contributed by atoms with Crippen LogP contribution in [0.5, 0.6) is 0 Å². The fourth-order valence-corrected chi connectivity index (χ4v) is 2.50. The second kappa shape index (κ2) is 5.26. The van der Waals surface area contributed by atoms with Crippen LogP contribution in [0.25, 0.3) is 0 Å². The van der Waals surface area contributed by atoms with Gasteiger partial charge in [-0.3, -0.25) is 4.79 Å². The number of hydrogen-bond donors (Lipinski definition) is 2. The van der Waals surface area contributed by atoms with E-state index in [-0.39, 0.29) is 18.5 Å². The molecule has 1 aromatic rings. The number of β-amino-alcohol motifs (C(OH)–C–C–N with tert-alkyl or cyclic N) is 1. The Hall–Kier alpha value is -1.47. The average Bonchev–Trinajstić information content (AvgIpc) is 2.74. The highest BCUT2D eigenvalue weighted by Gasteiger charge is 2.39. The Morgan fingerprint density at radius 3 is 2.74 bits per heavy atom. The van der Waals surface area contributed by atoms with Gasteiger partial charge in [-0.1, -0.05) is 0 Å². The summed E-state index contributed by atoms with van der Waals surface area (Å²) < 4.78 is 13.5. The minimum atomic E-state index is -1.18. The number of hydrogen-bond acceptors (Lipinski definition) is 3. The number of carboxylic acid groups (broad SMARTS) is 1. The summed E-state index contributed by atoms with van der Waals surface area (Å²) in [4.78, 5) is 24.3. The highest BCUT2D eigenvalue weighted by molar-refractivity contribution is 9.10. The molecule has 1 amide bonds. The summed E-state index contributed by atoms with van der Waals surface area (Å²) in [7, 11) is 0. The van der Waals surface area contributed by atoms with Gasteiger partial charge < -0.3 is 15.1 Å². The number of rotatable bonds is 2. The molecule has 2 N–H and O–H groups in total. The Bertz CT molecular complexity index is 536. The number of nitrogens with zero attached hydrogens (tertiary/aromatic N) is 1. The van der Waals surface area contributed by atoms with Crippen molar-refractivity contribution in [2.24, 2.45) is 0 Å². The molecule has 2 rings (SSSR count). The van der Waals surface area contributed by atoms with Crippen LogP contribution in [0.15, 0.2) is 22.7 Å². The molecule has 102 valence electrons. The zero-order valence-corrected chi connectivity index (χ0v) is 11.3. The van der Waals surface area contributed by atoms with Crippen LogP contribution in [-0.4, -0.2) is 45.7 Å². The first-order valence-electron chi connectivity index (χ1n) is 5.57. The predicted molar refractivity (Wildman–Crippen MR) is 67.2 cm³/mol. The van der Waals surface area contributed by atoms with Gasteiger partial charge in [-0.15, -0.1) is 0 Å². The summed E-state index contributed by atoms with van der Waals surface area (Å²) in [6.45, 7) is -0.0707. The number of halogens is 2. The van der Waals surface area contributed by atoms with Crippen LogP contribution in [0.3, 0.4) is 0 Å². The molecule has 0 spiro atoms. The molecule has 19 heavy (non-hydrogen) atoms. The summed E-state index contributed by atoms with van der Waals surface area (Å²) in [6.07, 6.45) is -0.897.